The maximum atomic E-state index is 9.49. The van der Waals surface area contributed by atoms with E-state index in [9.17, 15) is 4.79 Å². The van der Waals surface area contributed by atoms with Crippen molar-refractivity contribution in [1.82, 2.24) is 0 Å². The number of carbonyl (C=O) groups excluding carboxylic acids is 1. The van der Waals surface area contributed by atoms with Gasteiger partial charge in [0.15, 0.2) is 0 Å². The van der Waals surface area contributed by atoms with E-state index in [-0.39, 0.29) is 0 Å². The topological polar surface area (TPSA) is 17.1 Å². The third kappa shape index (κ3) is 4.71. The highest BCUT2D eigenvalue weighted by atomic mass is 16.1. The summed E-state index contributed by atoms with van der Waals surface area (Å²) in [6.45, 7) is 3.31. The van der Waals surface area contributed by atoms with Crippen molar-refractivity contribution in [3.8, 4) is 0 Å². The Hall–Kier alpha value is -1.29. The summed E-state index contributed by atoms with van der Waals surface area (Å²) < 4.78 is 0. The molecule has 0 aliphatic rings. The molecule has 0 radical (unpaired) electrons. The zero-order chi connectivity index (χ0) is 6.24. The molecule has 0 heterocycles. The van der Waals surface area contributed by atoms with Crippen molar-refractivity contribution in [3.05, 3.63) is 36.6 Å². The molecular weight excluding hydrogens is 100 g/mol. The van der Waals surface area contributed by atoms with Gasteiger partial charge >= 0.3 is 0 Å². The lowest BCUT2D eigenvalue weighted by atomic mass is 10.5. The molecule has 0 atom stereocenters. The van der Waals surface area contributed by atoms with Crippen molar-refractivity contribution in [1.29, 1.82) is 0 Å². The van der Waals surface area contributed by atoms with Crippen LogP contribution in [0.3, 0.4) is 0 Å². The van der Waals surface area contributed by atoms with Crippen LogP contribution in [-0.4, -0.2) is 5.94 Å². The van der Waals surface area contributed by atoms with E-state index in [1.54, 1.807) is 24.2 Å². The van der Waals surface area contributed by atoms with Gasteiger partial charge in [0.05, 0.1) is 0 Å². The number of hydrogen-bond donors (Lipinski definition) is 0. The first kappa shape index (κ1) is 6.71. The number of allylic oxidation sites excluding steroid dienone is 4. The molecule has 0 N–H and O–H groups in total. The highest BCUT2D eigenvalue weighted by molar-refractivity contribution is 5.48. The fraction of sp³-hybridized carbons (Fsp3) is 0. The van der Waals surface area contributed by atoms with E-state index in [1.807, 2.05) is 0 Å². The van der Waals surface area contributed by atoms with Crippen LogP contribution in [0.25, 0.3) is 0 Å². The van der Waals surface area contributed by atoms with Gasteiger partial charge in [-0.25, -0.2) is 4.79 Å². The largest absolute Gasteiger partial charge is 0.234 e. The van der Waals surface area contributed by atoms with E-state index in [0.29, 0.717) is 0 Å². The zero-order valence-electron chi connectivity index (χ0n) is 4.42. The fourth-order valence-electron chi connectivity index (χ4n) is 0.218. The maximum absolute atomic E-state index is 9.49. The molecule has 40 valence electrons. The second-order valence-corrected chi connectivity index (χ2v) is 1.04. The average Bonchev–Trinajstić information content (AvgIpc) is 1.81. The van der Waals surface area contributed by atoms with Gasteiger partial charge < -0.3 is 0 Å². The zero-order valence-corrected chi connectivity index (χ0v) is 4.42. The van der Waals surface area contributed by atoms with Gasteiger partial charge in [0.1, 0.15) is 5.94 Å². The first-order chi connectivity index (χ1) is 3.91. The van der Waals surface area contributed by atoms with Crippen LogP contribution in [-0.2, 0) is 4.79 Å². The van der Waals surface area contributed by atoms with Crippen molar-refractivity contribution < 1.29 is 4.79 Å². The monoisotopic (exact) mass is 106 g/mol. The second-order valence-electron chi connectivity index (χ2n) is 1.04. The molecule has 8 heavy (non-hydrogen) atoms. The lowest BCUT2D eigenvalue weighted by molar-refractivity contribution is 0.569. The SMILES string of the molecule is C=C=CC=CC=C=O. The van der Waals surface area contributed by atoms with Crippen LogP contribution < -0.4 is 0 Å². The maximum Gasteiger partial charge on any atom is 0.124 e. The van der Waals surface area contributed by atoms with Crippen LogP contribution in [0.15, 0.2) is 36.6 Å². The van der Waals surface area contributed by atoms with E-state index in [0.717, 1.165) is 0 Å². The van der Waals surface area contributed by atoms with Crippen molar-refractivity contribution in [2.24, 2.45) is 0 Å². The summed E-state index contributed by atoms with van der Waals surface area (Å²) in [5.74, 6) is 1.60. The molecule has 0 unspecified atom stereocenters. The molecule has 0 spiro atoms. The van der Waals surface area contributed by atoms with Gasteiger partial charge in [-0.3, -0.25) is 0 Å². The van der Waals surface area contributed by atoms with E-state index >= 15 is 0 Å². The Balaban J connectivity index is 3.66. The molecule has 0 saturated carbocycles. The fourth-order valence-corrected chi connectivity index (χ4v) is 0.218. The third-order valence-corrected chi connectivity index (χ3v) is 0.489. The summed E-state index contributed by atoms with van der Waals surface area (Å²) in [6.07, 6.45) is 6.09. The smallest absolute Gasteiger partial charge is 0.124 e. The summed E-state index contributed by atoms with van der Waals surface area (Å²) in [7, 11) is 0. The molecule has 0 amide bonds. The van der Waals surface area contributed by atoms with Crippen LogP contribution in [0.5, 0.6) is 0 Å². The predicted molar refractivity (Wildman–Crippen MR) is 33.1 cm³/mol. The lowest BCUT2D eigenvalue weighted by Crippen LogP contribution is -1.46. The molecule has 0 bridgehead atoms. The van der Waals surface area contributed by atoms with Crippen molar-refractivity contribution in [2.75, 3.05) is 0 Å². The molecule has 0 rings (SSSR count). The van der Waals surface area contributed by atoms with E-state index in [2.05, 4.69) is 12.3 Å². The predicted octanol–water partition coefficient (Wildman–Crippen LogP) is 1.27. The number of hydrogen-bond acceptors (Lipinski definition) is 1. The molecule has 1 heteroatoms. The van der Waals surface area contributed by atoms with Gasteiger partial charge in [0.25, 0.3) is 0 Å². The van der Waals surface area contributed by atoms with E-state index in [4.69, 9.17) is 0 Å². The van der Waals surface area contributed by atoms with E-state index in [1.165, 1.54) is 6.08 Å². The van der Waals surface area contributed by atoms with Gasteiger partial charge in [0.2, 0.25) is 0 Å². The Labute approximate surface area is 48.3 Å². The highest BCUT2D eigenvalue weighted by Crippen LogP contribution is 1.71. The van der Waals surface area contributed by atoms with Crippen molar-refractivity contribution >= 4 is 5.94 Å². The first-order valence-electron chi connectivity index (χ1n) is 2.14. The van der Waals surface area contributed by atoms with Crippen LogP contribution in [0, 0.1) is 0 Å². The molecule has 0 aromatic heterocycles. The Bertz CT molecular complexity index is 145. The summed E-state index contributed by atoms with van der Waals surface area (Å²) in [6, 6.07) is 0. The molecule has 0 aromatic rings. The minimum absolute atomic E-state index is 1.27. The Morgan fingerprint density at radius 1 is 1.25 bits per heavy atom. The van der Waals surface area contributed by atoms with Crippen molar-refractivity contribution in [3.63, 3.8) is 0 Å². The normalized spacial score (nSPS) is 7.50. The quantitative estimate of drug-likeness (QED) is 0.294. The minimum Gasteiger partial charge on any atom is -0.234 e. The third-order valence-electron chi connectivity index (χ3n) is 0.489. The molecule has 0 aliphatic carbocycles. The van der Waals surface area contributed by atoms with Gasteiger partial charge in [-0.2, -0.15) is 0 Å². The van der Waals surface area contributed by atoms with Crippen LogP contribution in [0.1, 0.15) is 0 Å². The Kier molecular flexibility index (Phi) is 4.79. The summed E-state index contributed by atoms with van der Waals surface area (Å²) in [5, 5.41) is 0. The van der Waals surface area contributed by atoms with Gasteiger partial charge in [-0.1, -0.05) is 18.7 Å². The molecule has 1 nitrogen and oxygen atoms in total. The molecule has 0 saturated heterocycles. The minimum atomic E-state index is 1.27. The highest BCUT2D eigenvalue weighted by Gasteiger charge is 1.54. The summed E-state index contributed by atoms with van der Waals surface area (Å²) >= 11 is 0. The number of rotatable bonds is 2. The van der Waals surface area contributed by atoms with Gasteiger partial charge in [-0.05, 0) is 6.08 Å². The van der Waals surface area contributed by atoms with Crippen LogP contribution >= 0.6 is 0 Å². The summed E-state index contributed by atoms with van der Waals surface area (Å²) in [4.78, 5) is 9.49. The lowest BCUT2D eigenvalue weighted by Gasteiger charge is -1.60. The Morgan fingerprint density at radius 3 is 2.38 bits per heavy atom. The van der Waals surface area contributed by atoms with Gasteiger partial charge in [-0.15, -0.1) is 5.73 Å². The van der Waals surface area contributed by atoms with Crippen LogP contribution in [0.2, 0.25) is 0 Å². The molecule has 0 fully saturated rings. The summed E-state index contributed by atoms with van der Waals surface area (Å²) in [5.41, 5.74) is 2.51. The Morgan fingerprint density at radius 2 is 1.88 bits per heavy atom. The van der Waals surface area contributed by atoms with Gasteiger partial charge in [0, 0.05) is 6.08 Å². The molecule has 0 aliphatic heterocycles. The average molecular weight is 106 g/mol. The van der Waals surface area contributed by atoms with Crippen molar-refractivity contribution in [2.45, 2.75) is 0 Å². The molecular formula is C7H6O. The first-order valence-corrected chi connectivity index (χ1v) is 2.14. The second kappa shape index (κ2) is 5.71. The van der Waals surface area contributed by atoms with E-state index < -0.39 is 0 Å². The van der Waals surface area contributed by atoms with Crippen LogP contribution in [0.4, 0.5) is 0 Å². The standard InChI is InChI=1S/C7H6O/c1-2-3-4-5-6-7-8/h3-6H,1H2. The molecule has 0 aromatic carbocycles.